The topological polar surface area (TPSA) is 133 Å². The summed E-state index contributed by atoms with van der Waals surface area (Å²) in [6.45, 7) is 7.20. The molecule has 1 fully saturated rings. The second kappa shape index (κ2) is 12.3. The molecule has 206 valence electrons. The summed E-state index contributed by atoms with van der Waals surface area (Å²) in [5.41, 5.74) is 0.526. The third-order valence-electron chi connectivity index (χ3n) is 5.71. The van der Waals surface area contributed by atoms with E-state index in [1.807, 2.05) is 20.8 Å². The van der Waals surface area contributed by atoms with Gasteiger partial charge in [-0.15, -0.1) is 16.4 Å². The van der Waals surface area contributed by atoms with Gasteiger partial charge in [-0.1, -0.05) is 16.7 Å². The van der Waals surface area contributed by atoms with Crippen LogP contribution in [0.1, 0.15) is 33.6 Å². The molecule has 0 saturated carbocycles. The van der Waals surface area contributed by atoms with Crippen LogP contribution in [0.25, 0.3) is 11.5 Å². The third kappa shape index (κ3) is 6.22. The molecule has 2 aromatic heterocycles. The van der Waals surface area contributed by atoms with Crippen molar-refractivity contribution in [3.05, 3.63) is 28.6 Å². The average molecular weight is 585 g/mol. The zero-order chi connectivity index (χ0) is 27.3. The minimum atomic E-state index is -3.74. The molecule has 1 amide bonds. The number of nitrogens with one attached hydrogen (secondary N) is 1. The second-order valence-electron chi connectivity index (χ2n) is 8.26. The van der Waals surface area contributed by atoms with Crippen LogP contribution in [-0.4, -0.2) is 61.7 Å². The highest BCUT2D eigenvalue weighted by Crippen LogP contribution is 2.42. The quantitative estimate of drug-likeness (QED) is 0.341. The molecule has 0 spiro atoms. The van der Waals surface area contributed by atoms with Gasteiger partial charge in [-0.3, -0.25) is 10.1 Å². The van der Waals surface area contributed by atoms with E-state index < -0.39 is 21.8 Å². The summed E-state index contributed by atoms with van der Waals surface area (Å²) in [7, 11) is -3.74. The van der Waals surface area contributed by atoms with Crippen molar-refractivity contribution in [1.82, 2.24) is 14.5 Å². The fraction of sp³-hybridized carbons (Fsp3) is 0.458. The third-order valence-corrected chi connectivity index (χ3v) is 9.27. The van der Waals surface area contributed by atoms with E-state index in [0.717, 1.165) is 11.3 Å². The van der Waals surface area contributed by atoms with Crippen molar-refractivity contribution in [1.29, 1.82) is 0 Å². The van der Waals surface area contributed by atoms with Gasteiger partial charge in [0.15, 0.2) is 11.5 Å². The standard InChI is InChI=1S/C24H29ClN4O7S2/c1-4-33-17-12-16(13-18(34-5-2)21(17)35-6-3)23-27-28-24(36-23)26-22(30)15-8-7-11-29(14-15)38(31,32)20-10-9-19(25)37-20/h9-10,12-13,15H,4-8,11,14H2,1-3H3,(H,26,28,30). The minimum absolute atomic E-state index is 0.0407. The number of carbonyl (C=O) groups excluding carboxylic acids is 1. The van der Waals surface area contributed by atoms with Crippen LogP contribution in [0, 0.1) is 5.92 Å². The van der Waals surface area contributed by atoms with E-state index in [9.17, 15) is 13.2 Å². The van der Waals surface area contributed by atoms with Crippen LogP contribution in [-0.2, 0) is 14.8 Å². The normalized spacial score (nSPS) is 16.3. The molecule has 0 bridgehead atoms. The van der Waals surface area contributed by atoms with E-state index in [-0.39, 0.29) is 22.7 Å². The summed E-state index contributed by atoms with van der Waals surface area (Å²) in [4.78, 5) is 13.0. The van der Waals surface area contributed by atoms with Gasteiger partial charge in [-0.2, -0.15) is 4.31 Å². The molecule has 1 N–H and O–H groups in total. The molecule has 0 radical (unpaired) electrons. The number of piperidine rings is 1. The smallest absolute Gasteiger partial charge is 0.322 e. The van der Waals surface area contributed by atoms with Gasteiger partial charge in [0.2, 0.25) is 17.5 Å². The first-order valence-electron chi connectivity index (χ1n) is 12.2. The Hall–Kier alpha value is -2.87. The van der Waals surface area contributed by atoms with E-state index >= 15 is 0 Å². The van der Waals surface area contributed by atoms with E-state index in [4.69, 9.17) is 30.2 Å². The number of halogens is 1. The van der Waals surface area contributed by atoms with Crippen molar-refractivity contribution >= 4 is 44.9 Å². The van der Waals surface area contributed by atoms with Gasteiger partial charge < -0.3 is 18.6 Å². The van der Waals surface area contributed by atoms with Crippen LogP contribution in [0.3, 0.4) is 0 Å². The van der Waals surface area contributed by atoms with E-state index in [1.54, 1.807) is 18.2 Å². The van der Waals surface area contributed by atoms with Gasteiger partial charge in [0.1, 0.15) is 4.21 Å². The summed E-state index contributed by atoms with van der Waals surface area (Å²) in [5.74, 6) is 0.580. The number of ether oxygens (including phenoxy) is 3. The molecule has 3 aromatic rings. The number of thiophene rings is 1. The maximum Gasteiger partial charge on any atom is 0.322 e. The number of aromatic nitrogens is 2. The first-order chi connectivity index (χ1) is 18.3. The summed E-state index contributed by atoms with van der Waals surface area (Å²) >= 11 is 6.91. The first kappa shape index (κ1) is 28.1. The van der Waals surface area contributed by atoms with Crippen molar-refractivity contribution < 1.29 is 31.8 Å². The molecule has 1 unspecified atom stereocenters. The van der Waals surface area contributed by atoms with Gasteiger partial charge in [-0.25, -0.2) is 8.42 Å². The Balaban J connectivity index is 1.49. The molecule has 11 nitrogen and oxygen atoms in total. The van der Waals surface area contributed by atoms with E-state index in [2.05, 4.69) is 15.5 Å². The number of sulfonamides is 1. The van der Waals surface area contributed by atoms with Crippen LogP contribution in [0.5, 0.6) is 17.2 Å². The highest BCUT2D eigenvalue weighted by molar-refractivity contribution is 7.91. The summed E-state index contributed by atoms with van der Waals surface area (Å²) < 4.78 is 50.7. The van der Waals surface area contributed by atoms with Crippen molar-refractivity contribution in [3.8, 4) is 28.7 Å². The summed E-state index contributed by atoms with van der Waals surface area (Å²) in [6, 6.07) is 6.33. The Kier molecular flexibility index (Phi) is 9.13. The SMILES string of the molecule is CCOc1cc(-c2nnc(NC(=O)C3CCCN(S(=O)(=O)c4ccc(Cl)s4)C3)o2)cc(OCC)c1OCC. The first-order valence-corrected chi connectivity index (χ1v) is 14.9. The second-order valence-corrected chi connectivity index (χ2v) is 12.1. The fourth-order valence-electron chi connectivity index (χ4n) is 4.05. The van der Waals surface area contributed by atoms with Gasteiger partial charge in [0.05, 0.1) is 30.1 Å². The van der Waals surface area contributed by atoms with Gasteiger partial charge in [0.25, 0.3) is 10.0 Å². The highest BCUT2D eigenvalue weighted by atomic mass is 35.5. The minimum Gasteiger partial charge on any atom is -0.490 e. The lowest BCUT2D eigenvalue weighted by Crippen LogP contribution is -2.43. The lowest BCUT2D eigenvalue weighted by atomic mass is 9.99. The molecular formula is C24H29ClN4O7S2. The fourth-order valence-corrected chi connectivity index (χ4v) is 7.21. The largest absolute Gasteiger partial charge is 0.490 e. The molecule has 14 heteroatoms. The van der Waals surface area contributed by atoms with Crippen molar-refractivity contribution in [3.63, 3.8) is 0 Å². The molecular weight excluding hydrogens is 556 g/mol. The number of anilines is 1. The highest BCUT2D eigenvalue weighted by Gasteiger charge is 2.34. The maximum atomic E-state index is 13.0. The van der Waals surface area contributed by atoms with Gasteiger partial charge in [0, 0.05) is 18.7 Å². The Labute approximate surface area is 230 Å². The van der Waals surface area contributed by atoms with Crippen LogP contribution in [0.4, 0.5) is 6.01 Å². The number of hydrogen-bond donors (Lipinski definition) is 1. The predicted molar refractivity (Wildman–Crippen MR) is 143 cm³/mol. The van der Waals surface area contributed by atoms with Gasteiger partial charge >= 0.3 is 6.01 Å². The monoisotopic (exact) mass is 584 g/mol. The van der Waals surface area contributed by atoms with Crippen molar-refractivity contribution in [2.24, 2.45) is 5.92 Å². The van der Waals surface area contributed by atoms with Crippen LogP contribution in [0.2, 0.25) is 4.34 Å². The van der Waals surface area contributed by atoms with E-state index in [0.29, 0.717) is 66.4 Å². The predicted octanol–water partition coefficient (Wildman–Crippen LogP) is 4.69. The summed E-state index contributed by atoms with van der Waals surface area (Å²) in [5, 5.41) is 10.6. The molecule has 1 aliphatic heterocycles. The Morgan fingerprint density at radius 1 is 1.13 bits per heavy atom. The molecule has 1 atom stereocenters. The summed E-state index contributed by atoms with van der Waals surface area (Å²) in [6.07, 6.45) is 1.07. The lowest BCUT2D eigenvalue weighted by Gasteiger charge is -2.30. The molecule has 1 aliphatic rings. The maximum absolute atomic E-state index is 13.0. The van der Waals surface area contributed by atoms with Gasteiger partial charge in [-0.05, 0) is 57.9 Å². The number of amides is 1. The lowest BCUT2D eigenvalue weighted by molar-refractivity contribution is -0.121. The molecule has 4 rings (SSSR count). The number of hydrogen-bond acceptors (Lipinski definition) is 10. The van der Waals surface area contributed by atoms with Crippen molar-refractivity contribution in [2.75, 3.05) is 38.2 Å². The van der Waals surface area contributed by atoms with Crippen molar-refractivity contribution in [2.45, 2.75) is 37.8 Å². The Morgan fingerprint density at radius 3 is 2.42 bits per heavy atom. The zero-order valence-corrected chi connectivity index (χ0v) is 23.6. The number of benzene rings is 1. The number of carbonyl (C=O) groups is 1. The number of rotatable bonds is 11. The molecule has 0 aliphatic carbocycles. The molecule has 3 heterocycles. The van der Waals surface area contributed by atoms with E-state index in [1.165, 1.54) is 10.4 Å². The van der Waals surface area contributed by atoms with Crippen LogP contribution in [0.15, 0.2) is 32.9 Å². The molecule has 1 saturated heterocycles. The molecule has 38 heavy (non-hydrogen) atoms. The Bertz CT molecular complexity index is 1350. The number of nitrogens with zero attached hydrogens (tertiary/aromatic N) is 3. The van der Waals surface area contributed by atoms with Crippen LogP contribution >= 0.6 is 22.9 Å². The average Bonchev–Trinajstić information content (AvgIpc) is 3.55. The zero-order valence-electron chi connectivity index (χ0n) is 21.2. The molecule has 1 aromatic carbocycles. The Morgan fingerprint density at radius 2 is 1.82 bits per heavy atom. The van der Waals surface area contributed by atoms with Crippen LogP contribution < -0.4 is 19.5 Å².